The molecule has 0 aliphatic carbocycles. The first kappa shape index (κ1) is 11.9. The summed E-state index contributed by atoms with van der Waals surface area (Å²) < 4.78 is 0. The van der Waals surface area contributed by atoms with E-state index in [4.69, 9.17) is 0 Å². The summed E-state index contributed by atoms with van der Waals surface area (Å²) in [5.74, 6) is 0. The largest absolute Gasteiger partial charge is 0.372 e. The topological polar surface area (TPSA) is 37.3 Å². The van der Waals surface area contributed by atoms with E-state index in [2.05, 4.69) is 12.6 Å². The summed E-state index contributed by atoms with van der Waals surface area (Å²) in [6.45, 7) is 0. The fraction of sp³-hybridized carbons (Fsp3) is 0.0714. The highest BCUT2D eigenvalue weighted by molar-refractivity contribution is 7.96. The van der Waals surface area contributed by atoms with Crippen molar-refractivity contribution in [2.45, 2.75) is 5.60 Å². The summed E-state index contributed by atoms with van der Waals surface area (Å²) in [5, 5.41) is 10.0. The lowest BCUT2D eigenvalue weighted by Gasteiger charge is -2.25. The molecule has 0 fully saturated rings. The van der Waals surface area contributed by atoms with Crippen molar-refractivity contribution in [3.63, 3.8) is 0 Å². The molecule has 2 rings (SSSR count). The number of aliphatic hydroxyl groups is 1. The number of rotatable bonds is 3. The Balaban J connectivity index is 2.59. The van der Waals surface area contributed by atoms with Gasteiger partial charge in [-0.1, -0.05) is 60.7 Å². The van der Waals surface area contributed by atoms with Crippen molar-refractivity contribution in [2.24, 2.45) is 0 Å². The van der Waals surface area contributed by atoms with Crippen LogP contribution in [-0.2, 0) is 10.4 Å². The van der Waals surface area contributed by atoms with E-state index >= 15 is 0 Å². The molecule has 86 valence electrons. The lowest BCUT2D eigenvalue weighted by molar-refractivity contribution is -0.124. The Hall–Kier alpha value is -1.58. The van der Waals surface area contributed by atoms with E-state index in [0.29, 0.717) is 11.1 Å². The van der Waals surface area contributed by atoms with Crippen LogP contribution in [-0.4, -0.2) is 10.2 Å². The second kappa shape index (κ2) is 4.73. The van der Waals surface area contributed by atoms with Gasteiger partial charge in [-0.2, -0.15) is 0 Å². The molecule has 0 amide bonds. The maximum absolute atomic E-state index is 11.7. The van der Waals surface area contributed by atoms with Gasteiger partial charge in [0.25, 0.3) is 0 Å². The molecule has 1 N–H and O–H groups in total. The molecule has 0 spiro atoms. The highest BCUT2D eigenvalue weighted by atomic mass is 32.1. The molecule has 0 aromatic heterocycles. The molecule has 0 aliphatic rings. The summed E-state index contributed by atoms with van der Waals surface area (Å²) >= 11 is 3.81. The number of carbonyl (C=O) groups is 1. The maximum Gasteiger partial charge on any atom is 0.226 e. The first-order valence-electron chi connectivity index (χ1n) is 5.22. The molecule has 2 nitrogen and oxygen atoms in total. The number of carbonyl (C=O) groups excluding carboxylic acids is 1. The Kier molecular flexibility index (Phi) is 3.31. The van der Waals surface area contributed by atoms with Crippen molar-refractivity contribution >= 4 is 17.7 Å². The van der Waals surface area contributed by atoms with Crippen molar-refractivity contribution in [3.05, 3.63) is 71.8 Å². The average molecular weight is 244 g/mol. The Bertz CT molecular complexity index is 469. The second-order valence-corrected chi connectivity index (χ2v) is 4.15. The van der Waals surface area contributed by atoms with Gasteiger partial charge >= 0.3 is 0 Å². The van der Waals surface area contributed by atoms with Gasteiger partial charge in [0, 0.05) is 0 Å². The molecule has 0 aliphatic heterocycles. The Morgan fingerprint density at radius 2 is 1.24 bits per heavy atom. The van der Waals surface area contributed by atoms with Gasteiger partial charge in [0.1, 0.15) is 0 Å². The van der Waals surface area contributed by atoms with Crippen LogP contribution in [0.5, 0.6) is 0 Å². The zero-order chi connectivity index (χ0) is 12.3. The van der Waals surface area contributed by atoms with E-state index in [0.717, 1.165) is 0 Å². The van der Waals surface area contributed by atoms with Crippen LogP contribution < -0.4 is 0 Å². The van der Waals surface area contributed by atoms with E-state index in [1.54, 1.807) is 48.5 Å². The molecule has 3 heteroatoms. The molecule has 0 heterocycles. The molecule has 17 heavy (non-hydrogen) atoms. The van der Waals surface area contributed by atoms with Crippen LogP contribution in [0, 0.1) is 0 Å². The van der Waals surface area contributed by atoms with E-state index in [9.17, 15) is 9.90 Å². The molecule has 0 saturated carbocycles. The summed E-state index contributed by atoms with van der Waals surface area (Å²) in [6, 6.07) is 17.6. The highest BCUT2D eigenvalue weighted by Gasteiger charge is 2.37. The quantitative estimate of drug-likeness (QED) is 0.813. The molecule has 2 aromatic carbocycles. The molecular weight excluding hydrogens is 232 g/mol. The van der Waals surface area contributed by atoms with Gasteiger partial charge in [0.05, 0.1) is 0 Å². The first-order valence-corrected chi connectivity index (χ1v) is 5.67. The van der Waals surface area contributed by atoms with E-state index in [1.807, 2.05) is 12.1 Å². The number of benzene rings is 2. The van der Waals surface area contributed by atoms with Gasteiger partial charge in [0.15, 0.2) is 5.60 Å². The van der Waals surface area contributed by atoms with Crippen LogP contribution in [0.2, 0.25) is 0 Å². The predicted molar refractivity (Wildman–Crippen MR) is 69.9 cm³/mol. The lowest BCUT2D eigenvalue weighted by Crippen LogP contribution is -2.33. The fourth-order valence-corrected chi connectivity index (χ4v) is 2.03. The van der Waals surface area contributed by atoms with Gasteiger partial charge in [-0.05, 0) is 11.1 Å². The zero-order valence-corrected chi connectivity index (χ0v) is 9.97. The van der Waals surface area contributed by atoms with E-state index < -0.39 is 10.7 Å². The molecule has 0 radical (unpaired) electrons. The van der Waals surface area contributed by atoms with Crippen LogP contribution in [0.25, 0.3) is 0 Å². The average Bonchev–Trinajstić information content (AvgIpc) is 2.39. The minimum Gasteiger partial charge on any atom is -0.372 e. The smallest absolute Gasteiger partial charge is 0.226 e. The molecular formula is C14H12O2S. The Labute approximate surface area is 105 Å². The van der Waals surface area contributed by atoms with Crippen LogP contribution in [0.4, 0.5) is 0 Å². The minimum absolute atomic E-state index is 0.520. The molecule has 2 aromatic rings. The highest BCUT2D eigenvalue weighted by Crippen LogP contribution is 2.31. The zero-order valence-electron chi connectivity index (χ0n) is 9.08. The molecule has 0 atom stereocenters. The van der Waals surface area contributed by atoms with E-state index in [1.165, 1.54) is 0 Å². The number of thiol groups is 1. The molecule has 0 saturated heterocycles. The summed E-state index contributed by atoms with van der Waals surface area (Å²) in [5.41, 5.74) is -0.650. The van der Waals surface area contributed by atoms with Gasteiger partial charge in [0.2, 0.25) is 5.12 Å². The summed E-state index contributed by atoms with van der Waals surface area (Å²) in [4.78, 5) is 11.7. The van der Waals surface area contributed by atoms with Crippen molar-refractivity contribution in [3.8, 4) is 0 Å². The SMILES string of the molecule is O=C(S)C(O)(c1ccccc1)c1ccccc1. The number of hydrogen-bond donors (Lipinski definition) is 2. The third kappa shape index (κ3) is 2.12. The predicted octanol–water partition coefficient (Wildman–Crippen LogP) is 2.38. The Morgan fingerprint density at radius 3 is 1.53 bits per heavy atom. The van der Waals surface area contributed by atoms with Gasteiger partial charge < -0.3 is 5.11 Å². The Morgan fingerprint density at radius 1 is 0.882 bits per heavy atom. The van der Waals surface area contributed by atoms with Crippen molar-refractivity contribution in [2.75, 3.05) is 0 Å². The van der Waals surface area contributed by atoms with Crippen molar-refractivity contribution < 1.29 is 9.90 Å². The van der Waals surface area contributed by atoms with Crippen molar-refractivity contribution in [1.29, 1.82) is 0 Å². The first-order chi connectivity index (χ1) is 8.15. The maximum atomic E-state index is 11.7. The van der Waals surface area contributed by atoms with Crippen LogP contribution in [0.1, 0.15) is 11.1 Å². The standard InChI is InChI=1S/C14H12O2S/c15-13(17)14(16,11-7-3-1-4-8-11)12-9-5-2-6-10-12/h1-10,16H,(H,15,17). The summed E-state index contributed by atoms with van der Waals surface area (Å²) in [7, 11) is 0. The molecule has 0 bridgehead atoms. The van der Waals surface area contributed by atoms with Gasteiger partial charge in [-0.15, -0.1) is 12.6 Å². The summed E-state index contributed by atoms with van der Waals surface area (Å²) in [6.07, 6.45) is 0. The minimum atomic E-state index is -1.69. The third-order valence-electron chi connectivity index (χ3n) is 2.69. The normalized spacial score (nSPS) is 11.2. The number of hydrogen-bond acceptors (Lipinski definition) is 2. The van der Waals surface area contributed by atoms with Crippen LogP contribution >= 0.6 is 12.6 Å². The van der Waals surface area contributed by atoms with Gasteiger partial charge in [-0.3, -0.25) is 4.79 Å². The second-order valence-electron chi connectivity index (χ2n) is 3.75. The fourth-order valence-electron chi connectivity index (χ4n) is 1.77. The van der Waals surface area contributed by atoms with E-state index in [-0.39, 0.29) is 0 Å². The van der Waals surface area contributed by atoms with Crippen LogP contribution in [0.15, 0.2) is 60.7 Å². The van der Waals surface area contributed by atoms with Gasteiger partial charge in [-0.25, -0.2) is 0 Å². The monoisotopic (exact) mass is 244 g/mol. The van der Waals surface area contributed by atoms with Crippen molar-refractivity contribution in [1.82, 2.24) is 0 Å². The van der Waals surface area contributed by atoms with Crippen LogP contribution in [0.3, 0.4) is 0 Å². The lowest BCUT2D eigenvalue weighted by atomic mass is 9.87. The third-order valence-corrected chi connectivity index (χ3v) is 3.02. The molecule has 0 unspecified atom stereocenters.